The van der Waals surface area contributed by atoms with E-state index < -0.39 is 34.1 Å². The second-order valence-corrected chi connectivity index (χ2v) is 13.5. The molecule has 1 aliphatic heterocycles. The normalized spacial score (nSPS) is 19.0. The molecule has 41 heavy (non-hydrogen) atoms. The number of thioether (sulfide) groups is 1. The molecular weight excluding hydrogens is 596 g/mol. The molecule has 2 aliphatic rings. The Morgan fingerprint density at radius 1 is 1.20 bits per heavy atom. The highest BCUT2D eigenvalue weighted by Crippen LogP contribution is 2.39. The summed E-state index contributed by atoms with van der Waals surface area (Å²) in [5.74, 6) is -0.237. The van der Waals surface area contributed by atoms with Crippen LogP contribution in [0.15, 0.2) is 71.8 Å². The number of nitrogens with zero attached hydrogens (tertiary/aromatic N) is 1. The first kappa shape index (κ1) is 31.3. The molecule has 1 aliphatic carbocycles. The van der Waals surface area contributed by atoms with Gasteiger partial charge in [0.15, 0.2) is 16.9 Å². The van der Waals surface area contributed by atoms with E-state index in [0.29, 0.717) is 40.0 Å². The lowest BCUT2D eigenvalue weighted by Crippen LogP contribution is -2.41. The molecular formula is C29H32ClF2NO6S2. The molecule has 1 saturated carbocycles. The van der Waals surface area contributed by atoms with Gasteiger partial charge in [0.05, 0.1) is 12.4 Å². The Balaban J connectivity index is 1.60. The van der Waals surface area contributed by atoms with Crippen molar-refractivity contribution < 1.29 is 36.2 Å². The van der Waals surface area contributed by atoms with Crippen LogP contribution in [0.4, 0.5) is 8.78 Å². The Hall–Kier alpha value is -2.60. The minimum Gasteiger partial charge on any atom is -0.489 e. The number of hydrogen-bond donors (Lipinski definition) is 0. The lowest BCUT2D eigenvalue weighted by molar-refractivity contribution is -0.150. The van der Waals surface area contributed by atoms with Gasteiger partial charge in [-0.2, -0.15) is 13.1 Å². The third-order valence-corrected chi connectivity index (χ3v) is 10.0. The highest BCUT2D eigenvalue weighted by Gasteiger charge is 2.41. The lowest BCUT2D eigenvalue weighted by atomic mass is 10.0. The molecule has 0 unspecified atom stereocenters. The van der Waals surface area contributed by atoms with Crippen LogP contribution in [0.1, 0.15) is 43.4 Å². The predicted molar refractivity (Wildman–Crippen MR) is 156 cm³/mol. The maximum Gasteiger partial charge on any atom is 0.387 e. The second kappa shape index (κ2) is 14.0. The maximum atomic E-state index is 13.5. The number of ether oxygens (including phenoxy) is 3. The zero-order valence-electron chi connectivity index (χ0n) is 22.5. The van der Waals surface area contributed by atoms with Gasteiger partial charge in [-0.1, -0.05) is 60.7 Å². The number of hydrogen-bond acceptors (Lipinski definition) is 7. The Labute approximate surface area is 248 Å². The van der Waals surface area contributed by atoms with Crippen molar-refractivity contribution in [1.29, 1.82) is 0 Å². The Bertz CT molecular complexity index is 1360. The van der Waals surface area contributed by atoms with Crippen LogP contribution >= 0.6 is 23.4 Å². The van der Waals surface area contributed by atoms with E-state index in [4.69, 9.17) is 21.1 Å². The fourth-order valence-corrected chi connectivity index (χ4v) is 7.67. The summed E-state index contributed by atoms with van der Waals surface area (Å²) in [7, 11) is -3.82. The molecule has 12 heteroatoms. The smallest absolute Gasteiger partial charge is 0.387 e. The minimum atomic E-state index is -3.82. The predicted octanol–water partition coefficient (Wildman–Crippen LogP) is 6.65. The highest BCUT2D eigenvalue weighted by atomic mass is 35.5. The monoisotopic (exact) mass is 627 g/mol. The molecule has 0 spiro atoms. The van der Waals surface area contributed by atoms with Crippen LogP contribution in [0.2, 0.25) is 0 Å². The molecule has 2 aromatic rings. The van der Waals surface area contributed by atoms with Gasteiger partial charge in [-0.3, -0.25) is 0 Å². The summed E-state index contributed by atoms with van der Waals surface area (Å²) in [5, 5.41) is -0.641. The van der Waals surface area contributed by atoms with Gasteiger partial charge in [-0.05, 0) is 54.5 Å². The van der Waals surface area contributed by atoms with Crippen LogP contribution in [0.5, 0.6) is 11.5 Å². The molecule has 0 aromatic heterocycles. The Morgan fingerprint density at radius 2 is 1.93 bits per heavy atom. The van der Waals surface area contributed by atoms with Crippen molar-refractivity contribution in [2.45, 2.75) is 50.0 Å². The molecule has 7 nitrogen and oxygen atoms in total. The van der Waals surface area contributed by atoms with Crippen LogP contribution < -0.4 is 9.47 Å². The second-order valence-electron chi connectivity index (χ2n) is 9.81. The van der Waals surface area contributed by atoms with Crippen molar-refractivity contribution in [2.75, 3.05) is 18.9 Å². The van der Waals surface area contributed by atoms with Crippen LogP contribution in [-0.4, -0.2) is 49.6 Å². The summed E-state index contributed by atoms with van der Waals surface area (Å²) in [6.45, 7) is 2.93. The molecule has 0 radical (unpaired) electrons. The number of carbonyl (C=O) groups is 1. The summed E-state index contributed by atoms with van der Waals surface area (Å²) in [5.41, 5.74) is 1.66. The van der Waals surface area contributed by atoms with E-state index in [-0.39, 0.29) is 30.2 Å². The third-order valence-electron chi connectivity index (χ3n) is 6.68. The fourth-order valence-electron chi connectivity index (χ4n) is 4.31. The van der Waals surface area contributed by atoms with Crippen LogP contribution in [0, 0.1) is 5.92 Å². The van der Waals surface area contributed by atoms with E-state index in [1.54, 1.807) is 43.3 Å². The van der Waals surface area contributed by atoms with Crippen molar-refractivity contribution in [3.8, 4) is 11.5 Å². The van der Waals surface area contributed by atoms with Crippen molar-refractivity contribution in [2.24, 2.45) is 5.92 Å². The van der Waals surface area contributed by atoms with Crippen LogP contribution in [0.3, 0.4) is 0 Å². The van der Waals surface area contributed by atoms with Crippen molar-refractivity contribution in [3.05, 3.63) is 82.9 Å². The highest BCUT2D eigenvalue weighted by molar-refractivity contribution is 8.01. The summed E-state index contributed by atoms with van der Waals surface area (Å²) < 4.78 is 70.2. The SMILES string of the molecule is C=C/C(C[C@H](OC(=O)[C@@H]1SCCN1S(=O)(=O)Cc1ccccc1)c1ccc(OC(F)F)c(OCC2CC2)c1)=C(\C)Cl. The van der Waals surface area contributed by atoms with Crippen molar-refractivity contribution in [1.82, 2.24) is 4.31 Å². The zero-order valence-corrected chi connectivity index (χ0v) is 24.9. The van der Waals surface area contributed by atoms with Gasteiger partial charge < -0.3 is 14.2 Å². The molecule has 0 amide bonds. The summed E-state index contributed by atoms with van der Waals surface area (Å²) in [6.07, 6.45) is 2.72. The fraction of sp³-hybridized carbons (Fsp3) is 0.414. The zero-order chi connectivity index (χ0) is 29.6. The maximum absolute atomic E-state index is 13.5. The van der Waals surface area contributed by atoms with Crippen molar-refractivity contribution >= 4 is 39.4 Å². The number of esters is 1. The topological polar surface area (TPSA) is 82.1 Å². The molecule has 0 N–H and O–H groups in total. The van der Waals surface area contributed by atoms with Crippen molar-refractivity contribution in [3.63, 3.8) is 0 Å². The van der Waals surface area contributed by atoms with E-state index in [9.17, 15) is 22.0 Å². The molecule has 222 valence electrons. The average molecular weight is 628 g/mol. The van der Waals surface area contributed by atoms with Gasteiger partial charge in [-0.15, -0.1) is 11.8 Å². The molecule has 1 saturated heterocycles. The number of rotatable bonds is 14. The third kappa shape index (κ3) is 8.70. The number of carbonyl (C=O) groups excluding carboxylic acids is 1. The standard InChI is InChI=1S/C29H32ClF2NO6S2/c1-3-22(19(2)30)15-25(23-11-12-24(39-29(31)32)26(16-23)37-17-20-9-10-20)38-28(34)27-33(13-14-40-27)41(35,36)18-21-7-5-4-6-8-21/h3-8,11-12,16,20,25,27,29H,1,9-10,13-15,17-18H2,2H3/b22-19-/t25-,27-/m0/s1. The van der Waals surface area contributed by atoms with E-state index in [2.05, 4.69) is 11.3 Å². The first-order chi connectivity index (χ1) is 19.6. The average Bonchev–Trinajstić information content (AvgIpc) is 3.61. The molecule has 0 bridgehead atoms. The Morgan fingerprint density at radius 3 is 2.56 bits per heavy atom. The number of halogens is 3. The van der Waals surface area contributed by atoms with Crippen LogP contribution in [0.25, 0.3) is 0 Å². The number of sulfonamides is 1. The van der Waals surface area contributed by atoms with Gasteiger partial charge in [-0.25, -0.2) is 13.2 Å². The molecule has 2 fully saturated rings. The van der Waals surface area contributed by atoms with Crippen LogP contribution in [-0.2, 0) is 25.3 Å². The Kier molecular flexibility index (Phi) is 10.7. The molecule has 2 atom stereocenters. The number of benzene rings is 2. The van der Waals surface area contributed by atoms with Gasteiger partial charge >= 0.3 is 12.6 Å². The molecule has 2 aromatic carbocycles. The first-order valence-corrected chi connectivity index (χ1v) is 16.2. The lowest BCUT2D eigenvalue weighted by Gasteiger charge is -2.26. The quantitative estimate of drug-likeness (QED) is 0.171. The van der Waals surface area contributed by atoms with E-state index >= 15 is 0 Å². The molecule has 1 heterocycles. The van der Waals surface area contributed by atoms with Gasteiger partial charge in [0.2, 0.25) is 10.0 Å². The number of allylic oxidation sites excluding steroid dienone is 2. The van der Waals surface area contributed by atoms with Gasteiger partial charge in [0, 0.05) is 23.8 Å². The van der Waals surface area contributed by atoms with E-state index in [1.165, 1.54) is 34.3 Å². The molecule has 4 rings (SSSR count). The minimum absolute atomic E-state index is 0.102. The summed E-state index contributed by atoms with van der Waals surface area (Å²) in [6, 6.07) is 13.1. The van der Waals surface area contributed by atoms with Gasteiger partial charge in [0.25, 0.3) is 0 Å². The largest absolute Gasteiger partial charge is 0.489 e. The number of alkyl halides is 2. The first-order valence-electron chi connectivity index (χ1n) is 13.1. The summed E-state index contributed by atoms with van der Waals surface area (Å²) in [4.78, 5) is 13.5. The van der Waals surface area contributed by atoms with E-state index in [0.717, 1.165) is 12.8 Å². The van der Waals surface area contributed by atoms with Gasteiger partial charge in [0.1, 0.15) is 6.10 Å². The summed E-state index contributed by atoms with van der Waals surface area (Å²) >= 11 is 7.43. The van der Waals surface area contributed by atoms with E-state index in [1.807, 2.05) is 0 Å².